The number of rotatable bonds is 9. The van der Waals surface area contributed by atoms with Gasteiger partial charge in [0.15, 0.2) is 0 Å². The molecule has 0 bridgehead atoms. The van der Waals surface area contributed by atoms with E-state index in [0.717, 1.165) is 44.2 Å². The van der Waals surface area contributed by atoms with Crippen molar-refractivity contribution in [1.29, 1.82) is 0 Å². The van der Waals surface area contributed by atoms with Gasteiger partial charge in [-0.3, -0.25) is 9.69 Å². The molecule has 39 heavy (non-hydrogen) atoms. The number of thiazole rings is 1. The molecule has 2 saturated heterocycles. The molecule has 2 fully saturated rings. The zero-order chi connectivity index (χ0) is 29.5. The van der Waals surface area contributed by atoms with Gasteiger partial charge in [0.05, 0.1) is 24.8 Å². The number of piperidine rings is 1. The van der Waals surface area contributed by atoms with Gasteiger partial charge in [-0.05, 0) is 33.1 Å². The first-order valence-electron chi connectivity index (χ1n) is 14.3. The van der Waals surface area contributed by atoms with E-state index in [1.54, 1.807) is 16.4 Å². The van der Waals surface area contributed by atoms with Crippen LogP contribution in [0.5, 0.6) is 0 Å². The van der Waals surface area contributed by atoms with Crippen LogP contribution in [0.2, 0.25) is 0 Å². The lowest BCUT2D eigenvalue weighted by molar-refractivity contribution is 0.0287. The maximum Gasteiger partial charge on any atom is 0.409 e. The molecule has 3 rings (SSSR count). The van der Waals surface area contributed by atoms with Crippen molar-refractivity contribution in [3.8, 4) is 0 Å². The molecule has 0 aliphatic carbocycles. The van der Waals surface area contributed by atoms with Crippen molar-refractivity contribution in [2.75, 3.05) is 52.5 Å². The van der Waals surface area contributed by atoms with Crippen LogP contribution in [-0.2, 0) is 9.47 Å². The van der Waals surface area contributed by atoms with Crippen molar-refractivity contribution >= 4 is 23.3 Å². The fourth-order valence-corrected chi connectivity index (χ4v) is 4.67. The second-order valence-electron chi connectivity index (χ2n) is 8.43. The Morgan fingerprint density at radius 2 is 1.82 bits per heavy atom. The molecule has 0 spiro atoms. The topological polar surface area (TPSA) is 84.0 Å². The zero-order valence-corrected chi connectivity index (χ0v) is 25.9. The summed E-state index contributed by atoms with van der Waals surface area (Å²) in [6.45, 7) is 25.5. The van der Waals surface area contributed by atoms with Gasteiger partial charge in [-0.15, -0.1) is 24.5 Å². The van der Waals surface area contributed by atoms with Crippen molar-refractivity contribution in [3.63, 3.8) is 0 Å². The Morgan fingerprint density at radius 3 is 2.38 bits per heavy atom. The van der Waals surface area contributed by atoms with Gasteiger partial charge in [0.1, 0.15) is 5.69 Å². The number of carbonyl (C=O) groups is 2. The van der Waals surface area contributed by atoms with Crippen molar-refractivity contribution < 1.29 is 19.1 Å². The zero-order valence-electron chi connectivity index (χ0n) is 25.1. The first kappa shape index (κ1) is 36.5. The first-order chi connectivity index (χ1) is 19.0. The summed E-state index contributed by atoms with van der Waals surface area (Å²) < 4.78 is 10.4. The molecular formula is C30H52N4O4S. The minimum absolute atomic E-state index is 0.149. The van der Waals surface area contributed by atoms with Crippen molar-refractivity contribution in [1.82, 2.24) is 20.1 Å². The average molecular weight is 565 g/mol. The molecule has 0 radical (unpaired) electrons. The highest BCUT2D eigenvalue weighted by Crippen LogP contribution is 2.30. The van der Waals surface area contributed by atoms with Gasteiger partial charge >= 0.3 is 6.09 Å². The molecule has 1 aromatic rings. The van der Waals surface area contributed by atoms with E-state index in [4.69, 9.17) is 9.47 Å². The van der Waals surface area contributed by atoms with Crippen LogP contribution >= 0.6 is 11.3 Å². The minimum Gasteiger partial charge on any atom is -0.449 e. The summed E-state index contributed by atoms with van der Waals surface area (Å²) in [5.74, 6) is 0.142. The van der Waals surface area contributed by atoms with E-state index in [0.29, 0.717) is 50.3 Å². The normalized spacial score (nSPS) is 16.3. The molecule has 1 unspecified atom stereocenters. The maximum atomic E-state index is 12.0. The number of aromatic nitrogens is 1. The number of hydrogen-bond acceptors (Lipinski definition) is 7. The van der Waals surface area contributed by atoms with Gasteiger partial charge in [0, 0.05) is 50.1 Å². The number of nitrogens with zero attached hydrogens (tertiary/aromatic N) is 3. The van der Waals surface area contributed by atoms with E-state index >= 15 is 0 Å². The fraction of sp³-hybridized carbons (Fsp3) is 0.633. The van der Waals surface area contributed by atoms with Crippen LogP contribution < -0.4 is 5.32 Å². The molecule has 3 heterocycles. The molecule has 1 aromatic heterocycles. The monoisotopic (exact) mass is 564 g/mol. The van der Waals surface area contributed by atoms with Crippen LogP contribution in [-0.4, -0.2) is 85.4 Å². The van der Waals surface area contributed by atoms with Gasteiger partial charge in [0.2, 0.25) is 0 Å². The van der Waals surface area contributed by atoms with E-state index < -0.39 is 0 Å². The van der Waals surface area contributed by atoms with E-state index in [1.807, 2.05) is 52.8 Å². The smallest absolute Gasteiger partial charge is 0.409 e. The third-order valence-electron chi connectivity index (χ3n) is 5.98. The van der Waals surface area contributed by atoms with Crippen LogP contribution in [0.1, 0.15) is 82.2 Å². The number of allylic oxidation sites excluding steroid dienone is 1. The van der Waals surface area contributed by atoms with Crippen LogP contribution in [0.4, 0.5) is 4.79 Å². The SMILES string of the molecule is C=CC(C)N1CCOCC1.C=CCCOC(=O)N1CCC(c2nc(C(=O)NC/C=C\C)cs2)CC1.CC.CC. The van der Waals surface area contributed by atoms with E-state index in [2.05, 4.69) is 35.3 Å². The second-order valence-corrected chi connectivity index (χ2v) is 9.32. The minimum atomic E-state index is -0.261. The predicted molar refractivity (Wildman–Crippen MR) is 164 cm³/mol. The molecule has 9 heteroatoms. The predicted octanol–water partition coefficient (Wildman–Crippen LogP) is 6.29. The fourth-order valence-electron chi connectivity index (χ4n) is 3.70. The van der Waals surface area contributed by atoms with Crippen LogP contribution in [0.25, 0.3) is 0 Å². The van der Waals surface area contributed by atoms with Gasteiger partial charge in [-0.25, -0.2) is 9.78 Å². The lowest BCUT2D eigenvalue weighted by Gasteiger charge is -2.30. The van der Waals surface area contributed by atoms with E-state index in [9.17, 15) is 9.59 Å². The highest BCUT2D eigenvalue weighted by Gasteiger charge is 2.27. The lowest BCUT2D eigenvalue weighted by Crippen LogP contribution is -2.41. The Balaban J connectivity index is 0.000000857. The van der Waals surface area contributed by atoms with Crippen molar-refractivity contribution in [3.05, 3.63) is 53.5 Å². The van der Waals surface area contributed by atoms with Gasteiger partial charge < -0.3 is 19.7 Å². The number of amides is 2. The molecule has 2 aliphatic rings. The molecule has 1 atom stereocenters. The molecule has 8 nitrogen and oxygen atoms in total. The average Bonchev–Trinajstić information content (AvgIpc) is 3.50. The Kier molecular flexibility index (Phi) is 21.9. The molecule has 0 aromatic carbocycles. The number of likely N-dealkylation sites (tertiary alicyclic amines) is 1. The Labute approximate surface area is 241 Å². The molecular weight excluding hydrogens is 512 g/mol. The number of hydrogen-bond donors (Lipinski definition) is 1. The highest BCUT2D eigenvalue weighted by molar-refractivity contribution is 7.09. The number of carbonyl (C=O) groups excluding carboxylic acids is 2. The standard InChI is InChI=1S/C18H25N3O3S.C8H15NO.2C2H6/c1-3-5-9-19-16(22)15-13-25-17(20-15)14-7-10-21(11-8-14)18(23)24-12-6-4-2;1-3-8(2)9-4-6-10-7-5-9;2*1-2/h3-5,13-14H,2,6-12H2,1H3,(H,19,22);3,8H,1,4-7H2,2H3;2*1-2H3/b5-3-;;;. The molecule has 222 valence electrons. The third-order valence-corrected chi connectivity index (χ3v) is 6.99. The van der Waals surface area contributed by atoms with Crippen LogP contribution in [0, 0.1) is 0 Å². The summed E-state index contributed by atoms with van der Waals surface area (Å²) in [4.78, 5) is 32.5. The lowest BCUT2D eigenvalue weighted by atomic mass is 9.98. The molecule has 1 N–H and O–H groups in total. The van der Waals surface area contributed by atoms with Gasteiger partial charge in [-0.2, -0.15) is 0 Å². The van der Waals surface area contributed by atoms with E-state index in [-0.39, 0.29) is 12.0 Å². The summed E-state index contributed by atoms with van der Waals surface area (Å²) in [7, 11) is 0. The summed E-state index contributed by atoms with van der Waals surface area (Å²) in [6.07, 6.45) is 9.56. The molecule has 2 aliphatic heterocycles. The summed E-state index contributed by atoms with van der Waals surface area (Å²) in [5, 5.41) is 5.57. The van der Waals surface area contributed by atoms with Crippen molar-refractivity contribution in [2.24, 2.45) is 0 Å². The Morgan fingerprint density at radius 1 is 1.18 bits per heavy atom. The largest absolute Gasteiger partial charge is 0.449 e. The molecule has 0 saturated carbocycles. The number of morpholine rings is 1. The first-order valence-corrected chi connectivity index (χ1v) is 15.2. The van der Waals surface area contributed by atoms with Crippen molar-refractivity contribution in [2.45, 2.75) is 72.8 Å². The highest BCUT2D eigenvalue weighted by atomic mass is 32.1. The number of nitrogens with one attached hydrogen (secondary N) is 1. The summed E-state index contributed by atoms with van der Waals surface area (Å²) in [5.41, 5.74) is 0.468. The van der Waals surface area contributed by atoms with Gasteiger partial charge in [-0.1, -0.05) is 52.0 Å². The second kappa shape index (κ2) is 23.4. The quantitative estimate of drug-likeness (QED) is 0.280. The third kappa shape index (κ3) is 14.5. The maximum absolute atomic E-state index is 12.0. The van der Waals surface area contributed by atoms with Crippen LogP contribution in [0.15, 0.2) is 42.8 Å². The number of ether oxygens (including phenoxy) is 2. The van der Waals surface area contributed by atoms with E-state index in [1.165, 1.54) is 11.3 Å². The van der Waals surface area contributed by atoms with Crippen LogP contribution in [0.3, 0.4) is 0 Å². The molecule has 2 amide bonds. The Hall–Kier alpha value is -2.49. The van der Waals surface area contributed by atoms with Gasteiger partial charge in [0.25, 0.3) is 5.91 Å². The summed E-state index contributed by atoms with van der Waals surface area (Å²) >= 11 is 1.51. The Bertz CT molecular complexity index is 829. The summed E-state index contributed by atoms with van der Waals surface area (Å²) in [6, 6.07) is 0.504.